The molecule has 0 saturated carbocycles. The molecule has 0 aromatic carbocycles. The minimum Gasteiger partial charge on any atom is -0.394 e. The number of aryl methyl sites for hydroxylation is 1. The Morgan fingerprint density at radius 1 is 1.81 bits per heavy atom. The molecule has 5 nitrogen and oxygen atoms in total. The molecule has 1 atom stereocenters. The molecule has 2 heterocycles. The molecule has 6 heteroatoms. The van der Waals surface area contributed by atoms with Gasteiger partial charge in [-0.3, -0.25) is 4.79 Å². The number of hydrogen-bond acceptors (Lipinski definition) is 5. The average Bonchev–Trinajstić information content (AvgIpc) is 2.75. The zero-order valence-electron chi connectivity index (χ0n) is 9.05. The van der Waals surface area contributed by atoms with Gasteiger partial charge in [0.2, 0.25) is 0 Å². The highest BCUT2D eigenvalue weighted by Gasteiger charge is 2.28. The van der Waals surface area contributed by atoms with Crippen LogP contribution in [0.15, 0.2) is 5.38 Å². The van der Waals surface area contributed by atoms with Crippen LogP contribution >= 0.6 is 11.3 Å². The molecule has 2 rings (SSSR count). The van der Waals surface area contributed by atoms with E-state index in [1.165, 1.54) is 11.3 Å². The Labute approximate surface area is 97.7 Å². The lowest BCUT2D eigenvalue weighted by Crippen LogP contribution is -2.50. The molecule has 0 bridgehead atoms. The van der Waals surface area contributed by atoms with Gasteiger partial charge in [0.25, 0.3) is 5.91 Å². The number of rotatable bonds is 2. The third-order valence-electron chi connectivity index (χ3n) is 2.54. The number of carbonyl (C=O) groups is 1. The van der Waals surface area contributed by atoms with Gasteiger partial charge < -0.3 is 14.7 Å². The van der Waals surface area contributed by atoms with E-state index in [1.54, 1.807) is 10.3 Å². The number of aliphatic hydroxyl groups is 1. The molecule has 1 aliphatic rings. The first kappa shape index (κ1) is 11.5. The summed E-state index contributed by atoms with van der Waals surface area (Å²) < 4.78 is 5.22. The maximum Gasteiger partial charge on any atom is 0.273 e. The van der Waals surface area contributed by atoms with Gasteiger partial charge in [-0.25, -0.2) is 4.98 Å². The van der Waals surface area contributed by atoms with Gasteiger partial charge in [0.15, 0.2) is 0 Å². The molecular weight excluding hydrogens is 228 g/mol. The Kier molecular flexibility index (Phi) is 3.52. The largest absolute Gasteiger partial charge is 0.394 e. The highest BCUT2D eigenvalue weighted by Crippen LogP contribution is 2.14. The zero-order valence-corrected chi connectivity index (χ0v) is 9.87. The first-order chi connectivity index (χ1) is 7.72. The lowest BCUT2D eigenvalue weighted by Gasteiger charge is -2.33. The fraction of sp³-hybridized carbons (Fsp3) is 0.600. The second-order valence-electron chi connectivity index (χ2n) is 3.66. The van der Waals surface area contributed by atoms with E-state index in [2.05, 4.69) is 4.98 Å². The molecule has 1 fully saturated rings. The van der Waals surface area contributed by atoms with Crippen LogP contribution in [0, 0.1) is 6.92 Å². The van der Waals surface area contributed by atoms with Gasteiger partial charge in [-0.1, -0.05) is 0 Å². The van der Waals surface area contributed by atoms with Crippen molar-refractivity contribution in [3.05, 3.63) is 16.1 Å². The molecule has 1 saturated heterocycles. The molecule has 16 heavy (non-hydrogen) atoms. The quantitative estimate of drug-likeness (QED) is 0.809. The molecule has 0 spiro atoms. The van der Waals surface area contributed by atoms with Gasteiger partial charge in [0, 0.05) is 11.9 Å². The first-order valence-electron chi connectivity index (χ1n) is 5.14. The van der Waals surface area contributed by atoms with Crippen molar-refractivity contribution in [1.29, 1.82) is 0 Å². The van der Waals surface area contributed by atoms with Gasteiger partial charge in [0.1, 0.15) is 5.69 Å². The minimum absolute atomic E-state index is 0.0745. The Bertz CT molecular complexity index is 380. The summed E-state index contributed by atoms with van der Waals surface area (Å²) in [5.74, 6) is -0.119. The SMILES string of the molecule is Cc1nc(C(=O)N2CCOCC2CO)cs1. The zero-order chi connectivity index (χ0) is 11.5. The van der Waals surface area contributed by atoms with Crippen molar-refractivity contribution in [2.75, 3.05) is 26.4 Å². The monoisotopic (exact) mass is 242 g/mol. The number of amides is 1. The maximum atomic E-state index is 12.1. The third kappa shape index (κ3) is 2.23. The summed E-state index contributed by atoms with van der Waals surface area (Å²) in [5, 5.41) is 11.8. The van der Waals surface area contributed by atoms with E-state index in [0.717, 1.165) is 5.01 Å². The number of ether oxygens (including phenoxy) is 1. The van der Waals surface area contributed by atoms with Gasteiger partial charge >= 0.3 is 0 Å². The smallest absolute Gasteiger partial charge is 0.273 e. The second kappa shape index (κ2) is 4.90. The van der Waals surface area contributed by atoms with Crippen LogP contribution in [0.1, 0.15) is 15.5 Å². The van der Waals surface area contributed by atoms with Crippen molar-refractivity contribution in [3.8, 4) is 0 Å². The summed E-state index contributed by atoms with van der Waals surface area (Å²) >= 11 is 1.45. The average molecular weight is 242 g/mol. The van der Waals surface area contributed by atoms with Gasteiger partial charge in [0.05, 0.1) is 30.9 Å². The molecule has 1 N–H and O–H groups in total. The van der Waals surface area contributed by atoms with Gasteiger partial charge in [-0.2, -0.15) is 0 Å². The van der Waals surface area contributed by atoms with Crippen molar-refractivity contribution in [3.63, 3.8) is 0 Å². The molecule has 1 unspecified atom stereocenters. The molecule has 88 valence electrons. The van der Waals surface area contributed by atoms with Gasteiger partial charge in [-0.05, 0) is 6.92 Å². The number of thiazole rings is 1. The van der Waals surface area contributed by atoms with Crippen LogP contribution in [-0.2, 0) is 4.74 Å². The molecule has 0 aliphatic carbocycles. The van der Waals surface area contributed by atoms with Crippen LogP contribution in [0.4, 0.5) is 0 Å². The Morgan fingerprint density at radius 3 is 3.25 bits per heavy atom. The molecular formula is C10H14N2O3S. The summed E-state index contributed by atoms with van der Waals surface area (Å²) in [4.78, 5) is 17.9. The standard InChI is InChI=1S/C10H14N2O3S/c1-7-11-9(6-16-7)10(14)12-2-3-15-5-8(12)4-13/h6,8,13H,2-5H2,1H3. The van der Waals surface area contributed by atoms with Crippen molar-refractivity contribution >= 4 is 17.2 Å². The highest BCUT2D eigenvalue weighted by molar-refractivity contribution is 7.09. The number of aliphatic hydroxyl groups excluding tert-OH is 1. The highest BCUT2D eigenvalue weighted by atomic mass is 32.1. The topological polar surface area (TPSA) is 62.7 Å². The van der Waals surface area contributed by atoms with E-state index in [1.807, 2.05) is 6.92 Å². The van der Waals surface area contributed by atoms with E-state index in [0.29, 0.717) is 25.5 Å². The summed E-state index contributed by atoms with van der Waals surface area (Å²) in [7, 11) is 0. The Hall–Kier alpha value is -0.980. The minimum atomic E-state index is -0.247. The Balaban J connectivity index is 2.13. The van der Waals surface area contributed by atoms with Crippen molar-refractivity contribution in [1.82, 2.24) is 9.88 Å². The van der Waals surface area contributed by atoms with Crippen LogP contribution in [0.5, 0.6) is 0 Å². The Morgan fingerprint density at radius 2 is 2.62 bits per heavy atom. The van der Waals surface area contributed by atoms with E-state index in [-0.39, 0.29) is 18.6 Å². The number of morpholine rings is 1. The van der Waals surface area contributed by atoms with E-state index < -0.39 is 0 Å². The predicted molar refractivity (Wildman–Crippen MR) is 59.6 cm³/mol. The lowest BCUT2D eigenvalue weighted by atomic mass is 10.2. The molecule has 1 aromatic heterocycles. The van der Waals surface area contributed by atoms with E-state index in [4.69, 9.17) is 4.74 Å². The summed E-state index contributed by atoms with van der Waals surface area (Å²) in [6.45, 7) is 3.22. The van der Waals surface area contributed by atoms with E-state index >= 15 is 0 Å². The number of hydrogen-bond donors (Lipinski definition) is 1. The summed E-state index contributed by atoms with van der Waals surface area (Å²) in [6.07, 6.45) is 0. The van der Waals surface area contributed by atoms with Gasteiger partial charge in [-0.15, -0.1) is 11.3 Å². The number of nitrogens with zero attached hydrogens (tertiary/aromatic N) is 2. The summed E-state index contributed by atoms with van der Waals surface area (Å²) in [5.41, 5.74) is 0.461. The number of carbonyl (C=O) groups excluding carboxylic acids is 1. The van der Waals surface area contributed by atoms with Crippen LogP contribution in [0.3, 0.4) is 0 Å². The van der Waals surface area contributed by atoms with E-state index in [9.17, 15) is 9.90 Å². The number of aromatic nitrogens is 1. The third-order valence-corrected chi connectivity index (χ3v) is 3.31. The van der Waals surface area contributed by atoms with Crippen molar-refractivity contribution in [2.45, 2.75) is 13.0 Å². The van der Waals surface area contributed by atoms with Crippen LogP contribution in [-0.4, -0.2) is 53.3 Å². The fourth-order valence-corrected chi connectivity index (χ4v) is 2.27. The van der Waals surface area contributed by atoms with Crippen molar-refractivity contribution < 1.29 is 14.6 Å². The normalized spacial score (nSPS) is 21.1. The van der Waals surface area contributed by atoms with Crippen LogP contribution in [0.25, 0.3) is 0 Å². The predicted octanol–water partition coefficient (Wildman–Crippen LogP) is 0.285. The lowest BCUT2D eigenvalue weighted by molar-refractivity contribution is -0.0186. The molecule has 1 amide bonds. The molecule has 1 aromatic rings. The van der Waals surface area contributed by atoms with Crippen LogP contribution < -0.4 is 0 Å². The van der Waals surface area contributed by atoms with Crippen LogP contribution in [0.2, 0.25) is 0 Å². The fourth-order valence-electron chi connectivity index (χ4n) is 1.68. The van der Waals surface area contributed by atoms with Crippen molar-refractivity contribution in [2.24, 2.45) is 0 Å². The molecule has 1 aliphatic heterocycles. The summed E-state index contributed by atoms with van der Waals surface area (Å²) in [6, 6.07) is -0.247. The second-order valence-corrected chi connectivity index (χ2v) is 4.72. The molecule has 0 radical (unpaired) electrons. The maximum absolute atomic E-state index is 12.1. The first-order valence-corrected chi connectivity index (χ1v) is 6.02.